The van der Waals surface area contributed by atoms with Crippen molar-refractivity contribution in [3.8, 4) is 0 Å². The zero-order valence-corrected chi connectivity index (χ0v) is 10.7. The van der Waals surface area contributed by atoms with E-state index in [1.54, 1.807) is 7.11 Å². The van der Waals surface area contributed by atoms with Crippen LogP contribution in [0.4, 0.5) is 0 Å². The number of nitrogens with zero attached hydrogens (tertiary/aromatic N) is 1. The number of hydrogen-bond donors (Lipinski definition) is 3. The second kappa shape index (κ2) is 8.66. The van der Waals surface area contributed by atoms with Crippen LogP contribution in [0.3, 0.4) is 0 Å². The fraction of sp³-hybridized carbons (Fsp3) is 0.900. The fourth-order valence-electron chi connectivity index (χ4n) is 1.57. The first-order valence-corrected chi connectivity index (χ1v) is 6.77. The van der Waals surface area contributed by atoms with Crippen LogP contribution in [0.15, 0.2) is 4.99 Å². The van der Waals surface area contributed by atoms with Gasteiger partial charge in [0.25, 0.3) is 0 Å². The molecular weight excluding hydrogens is 224 g/mol. The van der Waals surface area contributed by atoms with E-state index in [9.17, 15) is 0 Å². The maximum atomic E-state index is 5.38. The van der Waals surface area contributed by atoms with Crippen molar-refractivity contribution >= 4 is 17.7 Å². The number of ether oxygens (including phenoxy) is 1. The average molecular weight is 246 g/mol. The molecule has 1 atom stereocenters. The number of guanidine groups is 1. The lowest BCUT2D eigenvalue weighted by Gasteiger charge is -2.19. The predicted molar refractivity (Wildman–Crippen MR) is 69.6 cm³/mol. The number of hydrogen-bond acceptors (Lipinski definition) is 4. The van der Waals surface area contributed by atoms with E-state index in [2.05, 4.69) is 15.7 Å². The smallest absolute Gasteiger partial charge is 0.205 e. The van der Waals surface area contributed by atoms with Gasteiger partial charge >= 0.3 is 0 Å². The summed E-state index contributed by atoms with van der Waals surface area (Å²) in [4.78, 5) is 4.43. The van der Waals surface area contributed by atoms with Crippen molar-refractivity contribution in [1.82, 2.24) is 10.7 Å². The highest BCUT2D eigenvalue weighted by molar-refractivity contribution is 7.99. The fourth-order valence-corrected chi connectivity index (χ4v) is 2.79. The van der Waals surface area contributed by atoms with Gasteiger partial charge < -0.3 is 10.1 Å². The second-order valence-electron chi connectivity index (χ2n) is 3.74. The minimum atomic E-state index is 0.652. The van der Waals surface area contributed by atoms with Gasteiger partial charge in [0.1, 0.15) is 0 Å². The van der Waals surface area contributed by atoms with Crippen LogP contribution in [0.2, 0.25) is 0 Å². The molecule has 0 bridgehead atoms. The van der Waals surface area contributed by atoms with Gasteiger partial charge in [-0.2, -0.15) is 11.8 Å². The van der Waals surface area contributed by atoms with Gasteiger partial charge in [-0.3, -0.25) is 10.4 Å². The monoisotopic (exact) mass is 246 g/mol. The van der Waals surface area contributed by atoms with E-state index in [1.807, 2.05) is 11.8 Å². The normalized spacial score (nSPS) is 21.9. The summed E-state index contributed by atoms with van der Waals surface area (Å²) in [5.74, 6) is 7.30. The summed E-state index contributed by atoms with van der Waals surface area (Å²) in [6.07, 6.45) is 3.94. The molecule has 94 valence electrons. The van der Waals surface area contributed by atoms with Gasteiger partial charge in [-0.1, -0.05) is 6.42 Å². The molecule has 0 radical (unpaired) electrons. The summed E-state index contributed by atoms with van der Waals surface area (Å²) in [5, 5.41) is 3.74. The van der Waals surface area contributed by atoms with Crippen molar-refractivity contribution in [2.45, 2.75) is 24.5 Å². The van der Waals surface area contributed by atoms with Crippen molar-refractivity contribution in [2.75, 3.05) is 32.6 Å². The maximum Gasteiger partial charge on any atom is 0.205 e. The summed E-state index contributed by atoms with van der Waals surface area (Å²) in [6, 6.07) is 0. The zero-order valence-electron chi connectivity index (χ0n) is 9.87. The number of aliphatic imine (C=N–C) groups is 1. The number of methoxy groups -OCH3 is 1. The van der Waals surface area contributed by atoms with E-state index in [-0.39, 0.29) is 0 Å². The lowest BCUT2D eigenvalue weighted by molar-refractivity contribution is 0.203. The molecule has 1 rings (SSSR count). The molecule has 1 heterocycles. The molecular formula is C10H22N4OS. The Morgan fingerprint density at radius 2 is 2.44 bits per heavy atom. The molecule has 1 saturated heterocycles. The Labute approximate surface area is 102 Å². The first-order valence-electron chi connectivity index (χ1n) is 5.72. The van der Waals surface area contributed by atoms with Crippen LogP contribution >= 0.6 is 11.8 Å². The number of thioether (sulfide) groups is 1. The average Bonchev–Trinajstić information content (AvgIpc) is 2.35. The van der Waals surface area contributed by atoms with Crippen LogP contribution in [0, 0.1) is 0 Å². The first-order chi connectivity index (χ1) is 7.86. The third-order valence-corrected chi connectivity index (χ3v) is 3.84. The van der Waals surface area contributed by atoms with Crippen LogP contribution in [0.5, 0.6) is 0 Å². The van der Waals surface area contributed by atoms with E-state index in [4.69, 9.17) is 10.6 Å². The topological polar surface area (TPSA) is 71.7 Å². The minimum Gasteiger partial charge on any atom is -0.383 e. The molecule has 1 aliphatic heterocycles. The number of rotatable bonds is 5. The molecule has 0 amide bonds. The summed E-state index contributed by atoms with van der Waals surface area (Å²) in [6.45, 7) is 2.21. The molecule has 0 aromatic carbocycles. The minimum absolute atomic E-state index is 0.652. The maximum absolute atomic E-state index is 5.38. The van der Waals surface area contributed by atoms with E-state index in [0.717, 1.165) is 13.1 Å². The van der Waals surface area contributed by atoms with Crippen LogP contribution < -0.4 is 16.6 Å². The standard InChI is InChI=1S/C10H22N4OS/c1-15-6-5-12-10(14-11)13-8-9-4-2-3-7-16-9/h9H,2-8,11H2,1H3,(H2,12,13,14). The molecule has 16 heavy (non-hydrogen) atoms. The van der Waals surface area contributed by atoms with Crippen LogP contribution in [0.1, 0.15) is 19.3 Å². The van der Waals surface area contributed by atoms with Gasteiger partial charge in [-0.15, -0.1) is 0 Å². The van der Waals surface area contributed by atoms with Crippen molar-refractivity contribution in [3.63, 3.8) is 0 Å². The van der Waals surface area contributed by atoms with Crippen molar-refractivity contribution < 1.29 is 4.74 Å². The highest BCUT2D eigenvalue weighted by Gasteiger charge is 2.13. The van der Waals surface area contributed by atoms with Crippen LogP contribution in [-0.2, 0) is 4.74 Å². The van der Waals surface area contributed by atoms with Gasteiger partial charge in [0.15, 0.2) is 0 Å². The van der Waals surface area contributed by atoms with E-state index < -0.39 is 0 Å². The molecule has 4 N–H and O–H groups in total. The zero-order chi connectivity index (χ0) is 11.6. The Morgan fingerprint density at radius 1 is 1.56 bits per heavy atom. The van der Waals surface area contributed by atoms with E-state index >= 15 is 0 Å². The SMILES string of the molecule is COCCNC(=NCC1CCCCS1)NN. The van der Waals surface area contributed by atoms with Gasteiger partial charge in [0, 0.05) is 18.9 Å². The molecule has 6 heteroatoms. The van der Waals surface area contributed by atoms with Crippen molar-refractivity contribution in [2.24, 2.45) is 10.8 Å². The number of hydrazine groups is 1. The van der Waals surface area contributed by atoms with Crippen LogP contribution in [0.25, 0.3) is 0 Å². The first kappa shape index (κ1) is 13.6. The quantitative estimate of drug-likeness (QED) is 0.214. The molecule has 0 aromatic rings. The molecule has 5 nitrogen and oxygen atoms in total. The summed E-state index contributed by atoms with van der Waals surface area (Å²) in [7, 11) is 1.67. The molecule has 0 aromatic heterocycles. The van der Waals surface area contributed by atoms with Crippen molar-refractivity contribution in [1.29, 1.82) is 0 Å². The highest BCUT2D eigenvalue weighted by Crippen LogP contribution is 2.24. The number of nitrogens with one attached hydrogen (secondary N) is 2. The van der Waals surface area contributed by atoms with Gasteiger partial charge in [0.2, 0.25) is 5.96 Å². The summed E-state index contributed by atoms with van der Waals surface area (Å²) in [5.41, 5.74) is 2.57. The molecule has 1 unspecified atom stereocenters. The number of nitrogens with two attached hydrogens (primary N) is 1. The summed E-state index contributed by atoms with van der Waals surface area (Å²) < 4.78 is 4.94. The Balaban J connectivity index is 2.22. The Morgan fingerprint density at radius 3 is 3.06 bits per heavy atom. The summed E-state index contributed by atoms with van der Waals surface area (Å²) >= 11 is 2.02. The van der Waals surface area contributed by atoms with Gasteiger partial charge in [-0.25, -0.2) is 5.84 Å². The predicted octanol–water partition coefficient (Wildman–Crippen LogP) is 0.327. The lowest BCUT2D eigenvalue weighted by Crippen LogP contribution is -2.43. The van der Waals surface area contributed by atoms with Gasteiger partial charge in [-0.05, 0) is 18.6 Å². The largest absolute Gasteiger partial charge is 0.383 e. The molecule has 1 fully saturated rings. The molecule has 1 aliphatic rings. The Kier molecular flexibility index (Phi) is 7.37. The molecule has 0 aliphatic carbocycles. The third kappa shape index (κ3) is 5.58. The highest BCUT2D eigenvalue weighted by atomic mass is 32.2. The molecule has 0 spiro atoms. The molecule has 0 saturated carbocycles. The Bertz CT molecular complexity index is 207. The Hall–Kier alpha value is -0.460. The lowest BCUT2D eigenvalue weighted by atomic mass is 10.2. The van der Waals surface area contributed by atoms with Crippen LogP contribution in [-0.4, -0.2) is 43.8 Å². The van der Waals surface area contributed by atoms with Crippen molar-refractivity contribution in [3.05, 3.63) is 0 Å². The van der Waals surface area contributed by atoms with Gasteiger partial charge in [0.05, 0.1) is 13.2 Å². The second-order valence-corrected chi connectivity index (χ2v) is 5.15. The van der Waals surface area contributed by atoms with E-state index in [0.29, 0.717) is 17.8 Å². The van der Waals surface area contributed by atoms with E-state index in [1.165, 1.54) is 25.0 Å². The third-order valence-electron chi connectivity index (χ3n) is 2.46.